The van der Waals surface area contributed by atoms with Crippen LogP contribution >= 0.6 is 11.6 Å². The van der Waals surface area contributed by atoms with Crippen LogP contribution in [0.3, 0.4) is 0 Å². The van der Waals surface area contributed by atoms with E-state index < -0.39 is 5.97 Å². The fraction of sp³-hybridized carbons (Fsp3) is 0.263. The van der Waals surface area contributed by atoms with Gasteiger partial charge in [0.15, 0.2) is 0 Å². The number of ether oxygens (including phenoxy) is 2. The summed E-state index contributed by atoms with van der Waals surface area (Å²) in [6, 6.07) is 11.6. The van der Waals surface area contributed by atoms with E-state index in [2.05, 4.69) is 5.32 Å². The first-order valence-corrected chi connectivity index (χ1v) is 8.39. The Hall–Kier alpha value is -2.57. The fourth-order valence-electron chi connectivity index (χ4n) is 2.23. The van der Waals surface area contributed by atoms with E-state index in [1.807, 2.05) is 0 Å². The Morgan fingerprint density at radius 2 is 1.85 bits per heavy atom. The van der Waals surface area contributed by atoms with Crippen molar-refractivity contribution in [3.05, 3.63) is 58.6 Å². The Kier molecular flexibility index (Phi) is 7.44. The number of benzene rings is 2. The molecule has 7 heteroatoms. The molecule has 26 heavy (non-hydrogen) atoms. The lowest BCUT2D eigenvalue weighted by Gasteiger charge is -2.14. The van der Waals surface area contributed by atoms with Crippen LogP contribution < -0.4 is 15.2 Å². The largest absolute Gasteiger partial charge is 0.550 e. The number of carboxylic acid groups (broad SMARTS) is 1. The second-order valence-corrected chi connectivity index (χ2v) is 5.94. The summed E-state index contributed by atoms with van der Waals surface area (Å²) < 4.78 is 10.6. The van der Waals surface area contributed by atoms with Crippen LogP contribution in [-0.4, -0.2) is 32.2 Å². The van der Waals surface area contributed by atoms with Gasteiger partial charge in [0, 0.05) is 23.7 Å². The van der Waals surface area contributed by atoms with Crippen LogP contribution in [-0.2, 0) is 16.0 Å². The maximum Gasteiger partial charge on any atom is 0.255 e. The third kappa shape index (κ3) is 6.06. The number of hydrogen-bond acceptors (Lipinski definition) is 5. The predicted molar refractivity (Wildman–Crippen MR) is 96.5 cm³/mol. The Morgan fingerprint density at radius 1 is 1.12 bits per heavy atom. The van der Waals surface area contributed by atoms with Crippen molar-refractivity contribution >= 4 is 29.2 Å². The molecule has 1 N–H and O–H groups in total. The zero-order chi connectivity index (χ0) is 18.9. The zero-order valence-electron chi connectivity index (χ0n) is 14.3. The smallest absolute Gasteiger partial charge is 0.255 e. The molecule has 0 unspecified atom stereocenters. The molecule has 2 aromatic carbocycles. The molecule has 0 aromatic heterocycles. The van der Waals surface area contributed by atoms with E-state index in [1.165, 1.54) is 0 Å². The molecule has 0 fully saturated rings. The van der Waals surface area contributed by atoms with Gasteiger partial charge in [-0.2, -0.15) is 0 Å². The Balaban J connectivity index is 2.19. The highest BCUT2D eigenvalue weighted by Crippen LogP contribution is 2.27. The molecule has 0 spiro atoms. The summed E-state index contributed by atoms with van der Waals surface area (Å²) in [5, 5.41) is 14.0. The van der Waals surface area contributed by atoms with E-state index in [-0.39, 0.29) is 12.3 Å². The van der Waals surface area contributed by atoms with Crippen LogP contribution in [0, 0.1) is 0 Å². The molecule has 0 saturated carbocycles. The van der Waals surface area contributed by atoms with Gasteiger partial charge in [-0.1, -0.05) is 17.7 Å². The lowest BCUT2D eigenvalue weighted by atomic mass is 10.1. The van der Waals surface area contributed by atoms with Crippen LogP contribution in [0.4, 0.5) is 5.69 Å². The van der Waals surface area contributed by atoms with E-state index in [0.717, 1.165) is 5.56 Å². The van der Waals surface area contributed by atoms with E-state index in [4.69, 9.17) is 21.1 Å². The standard InChI is InChI=1S/C19H20ClNO5/c1-25-10-11-26-17-8-2-13(3-9-18(22)23)12-16(17)21-19(24)14-4-6-15(20)7-5-14/h2,4-8,12H,3,9-11H2,1H3,(H,21,24)(H,22,23)/p-1. The number of halogens is 1. The van der Waals surface area contributed by atoms with Gasteiger partial charge in [-0.15, -0.1) is 0 Å². The lowest BCUT2D eigenvalue weighted by Crippen LogP contribution is -2.22. The molecule has 6 nitrogen and oxygen atoms in total. The molecule has 0 saturated heterocycles. The number of aryl methyl sites for hydroxylation is 1. The Morgan fingerprint density at radius 3 is 2.50 bits per heavy atom. The highest BCUT2D eigenvalue weighted by atomic mass is 35.5. The monoisotopic (exact) mass is 376 g/mol. The third-order valence-corrected chi connectivity index (χ3v) is 3.81. The molecule has 0 heterocycles. The van der Waals surface area contributed by atoms with E-state index in [9.17, 15) is 14.7 Å². The number of carboxylic acids is 1. The van der Waals surface area contributed by atoms with Gasteiger partial charge in [-0.25, -0.2) is 0 Å². The van der Waals surface area contributed by atoms with Crippen LogP contribution in [0.1, 0.15) is 22.3 Å². The highest BCUT2D eigenvalue weighted by Gasteiger charge is 2.11. The molecular weight excluding hydrogens is 358 g/mol. The number of nitrogens with one attached hydrogen (secondary N) is 1. The first-order valence-electron chi connectivity index (χ1n) is 8.01. The van der Waals surface area contributed by atoms with Crippen LogP contribution in [0.2, 0.25) is 5.02 Å². The number of rotatable bonds is 9. The number of hydrogen-bond donors (Lipinski definition) is 1. The summed E-state index contributed by atoms with van der Waals surface area (Å²) in [6.07, 6.45) is 0.193. The van der Waals surface area contributed by atoms with E-state index >= 15 is 0 Å². The predicted octanol–water partition coefficient (Wildman–Crippen LogP) is 2.30. The molecule has 2 aromatic rings. The minimum absolute atomic E-state index is 0.103. The number of amides is 1. The summed E-state index contributed by atoms with van der Waals surface area (Å²) in [5.74, 6) is -0.978. The van der Waals surface area contributed by atoms with Crippen molar-refractivity contribution in [1.29, 1.82) is 0 Å². The Bertz CT molecular complexity index is 761. The maximum absolute atomic E-state index is 12.4. The van der Waals surface area contributed by atoms with Gasteiger partial charge in [0.25, 0.3) is 5.91 Å². The summed E-state index contributed by atoms with van der Waals surface area (Å²) in [6.45, 7) is 0.718. The maximum atomic E-state index is 12.4. The molecule has 0 aliphatic carbocycles. The topological polar surface area (TPSA) is 87.7 Å². The van der Waals surface area contributed by atoms with Crippen molar-refractivity contribution in [1.82, 2.24) is 0 Å². The summed E-state index contributed by atoms with van der Waals surface area (Å²) in [7, 11) is 1.57. The van der Waals surface area contributed by atoms with Crippen molar-refractivity contribution in [2.45, 2.75) is 12.8 Å². The highest BCUT2D eigenvalue weighted by molar-refractivity contribution is 6.30. The van der Waals surface area contributed by atoms with Crippen LogP contribution in [0.5, 0.6) is 5.75 Å². The number of methoxy groups -OCH3 is 1. The van der Waals surface area contributed by atoms with Gasteiger partial charge < -0.3 is 24.7 Å². The molecular formula is C19H19ClNO5-. The SMILES string of the molecule is COCCOc1ccc(CCC(=O)[O-])cc1NC(=O)c1ccc(Cl)cc1. The number of aliphatic carboxylic acids is 1. The number of anilines is 1. The molecule has 138 valence electrons. The summed E-state index contributed by atoms with van der Waals surface area (Å²) in [5.41, 5.74) is 1.65. The number of carbonyl (C=O) groups excluding carboxylic acids is 2. The minimum Gasteiger partial charge on any atom is -0.550 e. The summed E-state index contributed by atoms with van der Waals surface area (Å²) >= 11 is 5.84. The second kappa shape index (κ2) is 9.79. The van der Waals surface area contributed by atoms with Gasteiger partial charge in [-0.3, -0.25) is 4.79 Å². The average Bonchev–Trinajstić information content (AvgIpc) is 2.62. The second-order valence-electron chi connectivity index (χ2n) is 5.50. The lowest BCUT2D eigenvalue weighted by molar-refractivity contribution is -0.305. The van der Waals surface area contributed by atoms with Crippen molar-refractivity contribution in [2.24, 2.45) is 0 Å². The molecule has 2 rings (SSSR count). The average molecular weight is 377 g/mol. The zero-order valence-corrected chi connectivity index (χ0v) is 15.0. The van der Waals surface area contributed by atoms with Crippen molar-refractivity contribution < 1.29 is 24.2 Å². The van der Waals surface area contributed by atoms with Gasteiger partial charge in [0.1, 0.15) is 12.4 Å². The van der Waals surface area contributed by atoms with Gasteiger partial charge in [0.05, 0.1) is 12.3 Å². The third-order valence-electron chi connectivity index (χ3n) is 3.56. The first-order chi connectivity index (χ1) is 12.5. The molecule has 0 bridgehead atoms. The van der Waals surface area contributed by atoms with E-state index in [0.29, 0.717) is 41.7 Å². The van der Waals surface area contributed by atoms with Gasteiger partial charge in [0.2, 0.25) is 0 Å². The van der Waals surface area contributed by atoms with Crippen LogP contribution in [0.15, 0.2) is 42.5 Å². The quantitative estimate of drug-likeness (QED) is 0.678. The fourth-order valence-corrected chi connectivity index (χ4v) is 2.36. The van der Waals surface area contributed by atoms with Gasteiger partial charge >= 0.3 is 0 Å². The van der Waals surface area contributed by atoms with Gasteiger partial charge in [-0.05, 0) is 54.8 Å². The van der Waals surface area contributed by atoms with E-state index in [1.54, 1.807) is 49.6 Å². The normalized spacial score (nSPS) is 10.4. The molecule has 0 aliphatic heterocycles. The van der Waals surface area contributed by atoms with Crippen molar-refractivity contribution in [2.75, 3.05) is 25.6 Å². The van der Waals surface area contributed by atoms with Crippen LogP contribution in [0.25, 0.3) is 0 Å². The molecule has 0 atom stereocenters. The van der Waals surface area contributed by atoms with Crippen molar-refractivity contribution in [3.63, 3.8) is 0 Å². The summed E-state index contributed by atoms with van der Waals surface area (Å²) in [4.78, 5) is 23.1. The first kappa shape index (κ1) is 19.8. The molecule has 0 aliphatic rings. The molecule has 1 amide bonds. The minimum atomic E-state index is -1.13. The molecule has 0 radical (unpaired) electrons. The Labute approximate surface area is 156 Å². The number of carbonyl (C=O) groups is 2. The van der Waals surface area contributed by atoms with Crippen molar-refractivity contribution in [3.8, 4) is 5.75 Å².